The molecular formula is C15H14N2OS2. The van der Waals surface area contributed by atoms with Crippen LogP contribution >= 0.6 is 23.1 Å². The van der Waals surface area contributed by atoms with Crippen molar-refractivity contribution < 1.29 is 4.74 Å². The summed E-state index contributed by atoms with van der Waals surface area (Å²) < 4.78 is 7.98. The zero-order valence-electron chi connectivity index (χ0n) is 10.8. The Kier molecular flexibility index (Phi) is 4.08. The van der Waals surface area contributed by atoms with E-state index in [0.29, 0.717) is 6.61 Å². The molecule has 1 heterocycles. The Morgan fingerprint density at radius 3 is 2.70 bits per heavy atom. The average molecular weight is 302 g/mol. The number of thioether (sulfide) groups is 1. The molecule has 5 heteroatoms. The molecule has 0 radical (unpaired) electrons. The second-order valence-electron chi connectivity index (χ2n) is 4.21. The summed E-state index contributed by atoms with van der Waals surface area (Å²) in [4.78, 5) is 4.58. The fourth-order valence-corrected chi connectivity index (χ4v) is 3.72. The number of hydrogen-bond acceptors (Lipinski definition) is 5. The number of rotatable bonds is 5. The van der Waals surface area contributed by atoms with Gasteiger partial charge in [-0.05, 0) is 36.4 Å². The van der Waals surface area contributed by atoms with Crippen molar-refractivity contribution in [2.24, 2.45) is 0 Å². The summed E-state index contributed by atoms with van der Waals surface area (Å²) in [6.07, 6.45) is 0. The van der Waals surface area contributed by atoms with E-state index in [1.54, 1.807) is 23.1 Å². The maximum Gasteiger partial charge on any atom is 0.151 e. The van der Waals surface area contributed by atoms with Gasteiger partial charge in [0.25, 0.3) is 0 Å². The number of nitrogens with two attached hydrogens (primary N) is 1. The van der Waals surface area contributed by atoms with Gasteiger partial charge in [-0.15, -0.1) is 11.3 Å². The van der Waals surface area contributed by atoms with Crippen molar-refractivity contribution >= 4 is 39.0 Å². The number of nitrogen functional groups attached to an aromatic ring is 1. The summed E-state index contributed by atoms with van der Waals surface area (Å²) in [6, 6.07) is 15.7. The molecule has 0 aliphatic heterocycles. The Hall–Kier alpha value is -1.72. The molecule has 3 aromatic rings. The molecule has 3 nitrogen and oxygen atoms in total. The topological polar surface area (TPSA) is 48.1 Å². The minimum absolute atomic E-state index is 0.657. The summed E-state index contributed by atoms with van der Waals surface area (Å²) in [5, 5.41) is 0. The lowest BCUT2D eigenvalue weighted by Crippen LogP contribution is -1.99. The number of hydrogen-bond donors (Lipinski definition) is 1. The molecule has 0 bridgehead atoms. The second kappa shape index (κ2) is 6.15. The zero-order valence-corrected chi connectivity index (χ0v) is 12.4. The van der Waals surface area contributed by atoms with Gasteiger partial charge < -0.3 is 10.5 Å². The Bertz CT molecular complexity index is 661. The number of aromatic nitrogens is 1. The van der Waals surface area contributed by atoms with Gasteiger partial charge in [0.2, 0.25) is 0 Å². The van der Waals surface area contributed by atoms with Gasteiger partial charge in [-0.2, -0.15) is 0 Å². The first kappa shape index (κ1) is 13.3. The van der Waals surface area contributed by atoms with Gasteiger partial charge in [-0.25, -0.2) is 4.98 Å². The molecule has 0 unspecified atom stereocenters. The number of ether oxygens (including phenoxy) is 1. The summed E-state index contributed by atoms with van der Waals surface area (Å²) in [7, 11) is 0. The van der Waals surface area contributed by atoms with Crippen LogP contribution in [0, 0.1) is 0 Å². The highest BCUT2D eigenvalue weighted by Gasteiger charge is 2.03. The van der Waals surface area contributed by atoms with Crippen molar-refractivity contribution in [3.8, 4) is 5.75 Å². The molecule has 0 saturated heterocycles. The molecule has 2 N–H and O–H groups in total. The van der Waals surface area contributed by atoms with E-state index in [0.717, 1.165) is 27.0 Å². The Morgan fingerprint density at radius 1 is 1.10 bits per heavy atom. The number of benzene rings is 2. The van der Waals surface area contributed by atoms with Gasteiger partial charge in [-0.1, -0.05) is 23.9 Å². The van der Waals surface area contributed by atoms with Crippen molar-refractivity contribution in [1.82, 2.24) is 4.98 Å². The number of thiazole rings is 1. The predicted molar refractivity (Wildman–Crippen MR) is 86.7 cm³/mol. The first-order valence-electron chi connectivity index (χ1n) is 6.28. The lowest BCUT2D eigenvalue weighted by atomic mass is 10.3. The molecule has 3 rings (SSSR count). The quantitative estimate of drug-likeness (QED) is 0.439. The van der Waals surface area contributed by atoms with Crippen LogP contribution in [0.25, 0.3) is 10.2 Å². The number of para-hydroxylation sites is 1. The smallest absolute Gasteiger partial charge is 0.151 e. The molecule has 0 spiro atoms. The van der Waals surface area contributed by atoms with Gasteiger partial charge >= 0.3 is 0 Å². The zero-order chi connectivity index (χ0) is 13.8. The van der Waals surface area contributed by atoms with E-state index in [2.05, 4.69) is 11.1 Å². The lowest BCUT2D eigenvalue weighted by Gasteiger charge is -2.04. The standard InChI is InChI=1S/C15H14N2OS2/c16-11-5-7-12(8-6-11)18-9-10-19-15-17-13-3-1-2-4-14(13)20-15/h1-8H,9-10,16H2. The second-order valence-corrected chi connectivity index (χ2v) is 6.59. The van der Waals surface area contributed by atoms with E-state index in [4.69, 9.17) is 10.5 Å². The predicted octanol–water partition coefficient (Wildman–Crippen LogP) is 4.05. The summed E-state index contributed by atoms with van der Waals surface area (Å²) in [6.45, 7) is 0.657. The van der Waals surface area contributed by atoms with Gasteiger partial charge in [0.05, 0.1) is 16.8 Å². The number of nitrogens with zero attached hydrogens (tertiary/aromatic N) is 1. The minimum atomic E-state index is 0.657. The fraction of sp³-hybridized carbons (Fsp3) is 0.133. The van der Waals surface area contributed by atoms with Crippen LogP contribution in [-0.4, -0.2) is 17.3 Å². The van der Waals surface area contributed by atoms with Gasteiger partial charge in [0.1, 0.15) is 5.75 Å². The summed E-state index contributed by atoms with van der Waals surface area (Å²) in [5.74, 6) is 1.73. The molecule has 2 aromatic carbocycles. The molecule has 0 aliphatic carbocycles. The van der Waals surface area contributed by atoms with Crippen LogP contribution < -0.4 is 10.5 Å². The largest absolute Gasteiger partial charge is 0.493 e. The molecule has 0 aliphatic rings. The Morgan fingerprint density at radius 2 is 1.90 bits per heavy atom. The van der Waals surface area contributed by atoms with E-state index < -0.39 is 0 Å². The van der Waals surface area contributed by atoms with Crippen molar-refractivity contribution in [2.45, 2.75) is 4.34 Å². The molecule has 0 atom stereocenters. The highest BCUT2D eigenvalue weighted by molar-refractivity contribution is 8.01. The highest BCUT2D eigenvalue weighted by Crippen LogP contribution is 2.29. The van der Waals surface area contributed by atoms with Gasteiger partial charge in [-0.3, -0.25) is 0 Å². The van der Waals surface area contributed by atoms with Crippen LogP contribution in [0.5, 0.6) is 5.75 Å². The third kappa shape index (κ3) is 3.23. The molecule has 0 amide bonds. The molecule has 102 valence electrons. The molecule has 0 saturated carbocycles. The Balaban J connectivity index is 1.51. The van der Waals surface area contributed by atoms with E-state index in [1.807, 2.05) is 42.5 Å². The number of anilines is 1. The maximum atomic E-state index is 5.66. The van der Waals surface area contributed by atoms with Crippen LogP contribution in [0.1, 0.15) is 0 Å². The van der Waals surface area contributed by atoms with E-state index >= 15 is 0 Å². The SMILES string of the molecule is Nc1ccc(OCCSc2nc3ccccc3s2)cc1. The van der Waals surface area contributed by atoms with Crippen molar-refractivity contribution in [2.75, 3.05) is 18.1 Å². The fourth-order valence-electron chi connectivity index (χ4n) is 1.77. The van der Waals surface area contributed by atoms with Crippen LogP contribution in [0.4, 0.5) is 5.69 Å². The van der Waals surface area contributed by atoms with Crippen LogP contribution in [-0.2, 0) is 0 Å². The molecular weight excluding hydrogens is 288 g/mol. The summed E-state index contributed by atoms with van der Waals surface area (Å²) in [5.41, 5.74) is 7.45. The first-order valence-corrected chi connectivity index (χ1v) is 8.08. The van der Waals surface area contributed by atoms with E-state index in [-0.39, 0.29) is 0 Å². The third-order valence-corrected chi connectivity index (χ3v) is 4.88. The van der Waals surface area contributed by atoms with E-state index in [1.165, 1.54) is 4.70 Å². The van der Waals surface area contributed by atoms with Crippen LogP contribution in [0.3, 0.4) is 0 Å². The number of fused-ring (bicyclic) bond motifs is 1. The summed E-state index contributed by atoms with van der Waals surface area (Å²) >= 11 is 3.45. The lowest BCUT2D eigenvalue weighted by molar-refractivity contribution is 0.344. The monoisotopic (exact) mass is 302 g/mol. The Labute approximate surface area is 125 Å². The molecule has 1 aromatic heterocycles. The van der Waals surface area contributed by atoms with Crippen LogP contribution in [0.2, 0.25) is 0 Å². The average Bonchev–Trinajstić information content (AvgIpc) is 2.88. The van der Waals surface area contributed by atoms with E-state index in [9.17, 15) is 0 Å². The van der Waals surface area contributed by atoms with Gasteiger partial charge in [0.15, 0.2) is 4.34 Å². The van der Waals surface area contributed by atoms with Crippen molar-refractivity contribution in [3.05, 3.63) is 48.5 Å². The van der Waals surface area contributed by atoms with Crippen molar-refractivity contribution in [1.29, 1.82) is 0 Å². The maximum absolute atomic E-state index is 5.66. The van der Waals surface area contributed by atoms with Crippen molar-refractivity contribution in [3.63, 3.8) is 0 Å². The minimum Gasteiger partial charge on any atom is -0.493 e. The molecule has 20 heavy (non-hydrogen) atoms. The first-order chi connectivity index (χ1) is 9.81. The third-order valence-electron chi connectivity index (χ3n) is 2.73. The normalized spacial score (nSPS) is 10.8. The highest BCUT2D eigenvalue weighted by atomic mass is 32.2. The van der Waals surface area contributed by atoms with Crippen LogP contribution in [0.15, 0.2) is 52.9 Å². The van der Waals surface area contributed by atoms with Gasteiger partial charge in [0, 0.05) is 11.4 Å². The molecule has 0 fully saturated rings.